The quantitative estimate of drug-likeness (QED) is 0.290. The Hall–Kier alpha value is -3.39. The molecule has 0 aliphatic heterocycles. The van der Waals surface area contributed by atoms with Crippen LogP contribution in [0.4, 0.5) is 11.4 Å². The van der Waals surface area contributed by atoms with Crippen molar-refractivity contribution in [1.82, 2.24) is 0 Å². The first-order valence-corrected chi connectivity index (χ1v) is 9.48. The summed E-state index contributed by atoms with van der Waals surface area (Å²) in [4.78, 5) is 22.7. The smallest absolute Gasteiger partial charge is 0.271 e. The average Bonchev–Trinajstić information content (AvgIpc) is 2.73. The fourth-order valence-electron chi connectivity index (χ4n) is 2.49. The van der Waals surface area contributed by atoms with Gasteiger partial charge in [0, 0.05) is 23.4 Å². The van der Waals surface area contributed by atoms with Gasteiger partial charge >= 0.3 is 0 Å². The van der Waals surface area contributed by atoms with E-state index in [4.69, 9.17) is 9.47 Å². The summed E-state index contributed by atoms with van der Waals surface area (Å²) < 4.78 is 11.9. The van der Waals surface area contributed by atoms with E-state index in [1.165, 1.54) is 18.2 Å². The highest BCUT2D eigenvalue weighted by molar-refractivity contribution is 9.10. The number of anilines is 1. The number of non-ortho nitro benzene ring substituents is 1. The van der Waals surface area contributed by atoms with Gasteiger partial charge in [-0.15, -0.1) is 0 Å². The largest absolute Gasteiger partial charge is 0.490 e. The molecule has 0 atom stereocenters. The number of halogens is 1. The van der Waals surface area contributed by atoms with Crippen LogP contribution in [0.1, 0.15) is 10.4 Å². The van der Waals surface area contributed by atoms with Crippen LogP contribution in [0.2, 0.25) is 0 Å². The monoisotopic (exact) mass is 456 g/mol. The number of nitrogens with zero attached hydrogens (tertiary/aromatic N) is 1. The van der Waals surface area contributed by atoms with Gasteiger partial charge in [-0.1, -0.05) is 24.3 Å². The van der Waals surface area contributed by atoms with Gasteiger partial charge in [-0.25, -0.2) is 0 Å². The third-order valence-corrected chi connectivity index (χ3v) is 4.48. The Kier molecular flexibility index (Phi) is 6.80. The van der Waals surface area contributed by atoms with Crippen LogP contribution in [0.3, 0.4) is 0 Å². The van der Waals surface area contributed by atoms with Crippen LogP contribution < -0.4 is 14.8 Å². The molecule has 29 heavy (non-hydrogen) atoms. The SMILES string of the molecule is O=C(Nc1cccc([N+](=O)[O-])c1)c1ccc(OCCOc2ccccc2)c(Br)c1. The predicted octanol–water partition coefficient (Wildman–Crippen LogP) is 5.07. The third kappa shape index (κ3) is 5.79. The molecule has 0 heterocycles. The fraction of sp³-hybridized carbons (Fsp3) is 0.0952. The molecular weight excluding hydrogens is 440 g/mol. The van der Waals surface area contributed by atoms with Gasteiger partial charge in [-0.2, -0.15) is 0 Å². The molecule has 0 unspecified atom stereocenters. The first kappa shape index (κ1) is 20.3. The molecule has 0 saturated heterocycles. The van der Waals surface area contributed by atoms with E-state index < -0.39 is 4.92 Å². The van der Waals surface area contributed by atoms with Gasteiger partial charge in [-0.05, 0) is 52.3 Å². The van der Waals surface area contributed by atoms with E-state index in [0.29, 0.717) is 34.7 Å². The van der Waals surface area contributed by atoms with Crippen LogP contribution in [0.25, 0.3) is 0 Å². The summed E-state index contributed by atoms with van der Waals surface area (Å²) in [5.41, 5.74) is 0.639. The number of nitro groups is 1. The number of carbonyl (C=O) groups excluding carboxylic acids is 1. The number of ether oxygens (including phenoxy) is 2. The minimum Gasteiger partial charge on any atom is -0.490 e. The lowest BCUT2D eigenvalue weighted by molar-refractivity contribution is -0.384. The van der Waals surface area contributed by atoms with E-state index in [0.717, 1.165) is 5.75 Å². The van der Waals surface area contributed by atoms with E-state index in [9.17, 15) is 14.9 Å². The van der Waals surface area contributed by atoms with Crippen LogP contribution in [-0.4, -0.2) is 24.0 Å². The molecule has 0 aromatic heterocycles. The van der Waals surface area contributed by atoms with Gasteiger partial charge in [-0.3, -0.25) is 14.9 Å². The molecule has 0 bridgehead atoms. The zero-order valence-electron chi connectivity index (χ0n) is 15.2. The fourth-order valence-corrected chi connectivity index (χ4v) is 2.98. The maximum Gasteiger partial charge on any atom is 0.271 e. The normalized spacial score (nSPS) is 10.2. The highest BCUT2D eigenvalue weighted by Gasteiger charge is 2.12. The Morgan fingerprint density at radius 3 is 2.45 bits per heavy atom. The molecule has 0 aliphatic carbocycles. The van der Waals surface area contributed by atoms with Crippen LogP contribution in [0.15, 0.2) is 77.3 Å². The zero-order valence-corrected chi connectivity index (χ0v) is 16.8. The summed E-state index contributed by atoms with van der Waals surface area (Å²) in [6.07, 6.45) is 0. The van der Waals surface area contributed by atoms with Crippen LogP contribution >= 0.6 is 15.9 Å². The van der Waals surface area contributed by atoms with Gasteiger partial charge in [0.2, 0.25) is 0 Å². The number of nitro benzene ring substituents is 1. The summed E-state index contributed by atoms with van der Waals surface area (Å²) in [5, 5.41) is 13.5. The standard InChI is InChI=1S/C21H17BrN2O5/c22-19-13-15(21(25)23-16-5-4-6-17(14-16)24(26)27)9-10-20(19)29-12-11-28-18-7-2-1-3-8-18/h1-10,13-14H,11-12H2,(H,23,25). The van der Waals surface area contributed by atoms with Crippen LogP contribution in [-0.2, 0) is 0 Å². The molecule has 148 valence electrons. The maximum atomic E-state index is 12.4. The minimum atomic E-state index is -0.514. The van der Waals surface area contributed by atoms with E-state index in [2.05, 4.69) is 21.2 Å². The number of carbonyl (C=O) groups is 1. The number of benzene rings is 3. The molecule has 0 radical (unpaired) electrons. The van der Waals surface area contributed by atoms with E-state index in [1.807, 2.05) is 30.3 Å². The average molecular weight is 457 g/mol. The van der Waals surface area contributed by atoms with Crippen molar-refractivity contribution in [3.05, 3.63) is 92.9 Å². The van der Waals surface area contributed by atoms with Gasteiger partial charge in [0.1, 0.15) is 24.7 Å². The predicted molar refractivity (Wildman–Crippen MR) is 113 cm³/mol. The molecule has 3 rings (SSSR count). The van der Waals surface area contributed by atoms with Crippen molar-refractivity contribution in [3.8, 4) is 11.5 Å². The van der Waals surface area contributed by atoms with E-state index in [1.54, 1.807) is 24.3 Å². The lowest BCUT2D eigenvalue weighted by atomic mass is 10.2. The van der Waals surface area contributed by atoms with Crippen molar-refractivity contribution in [3.63, 3.8) is 0 Å². The highest BCUT2D eigenvalue weighted by Crippen LogP contribution is 2.27. The van der Waals surface area contributed by atoms with E-state index >= 15 is 0 Å². The number of hydrogen-bond acceptors (Lipinski definition) is 5. The molecular formula is C21H17BrN2O5. The van der Waals surface area contributed by atoms with Crippen LogP contribution in [0.5, 0.6) is 11.5 Å². The number of para-hydroxylation sites is 1. The first-order chi connectivity index (χ1) is 14.0. The molecule has 0 fully saturated rings. The Balaban J connectivity index is 1.56. The maximum absolute atomic E-state index is 12.4. The second-order valence-corrected chi connectivity index (χ2v) is 6.77. The molecule has 1 amide bonds. The Labute approximate surface area is 175 Å². The summed E-state index contributed by atoms with van der Waals surface area (Å²) in [6.45, 7) is 0.720. The van der Waals surface area contributed by atoms with Gasteiger partial charge in [0.05, 0.1) is 9.40 Å². The topological polar surface area (TPSA) is 90.7 Å². The molecule has 0 saturated carbocycles. The molecule has 7 nitrogen and oxygen atoms in total. The first-order valence-electron chi connectivity index (χ1n) is 8.69. The molecule has 1 N–H and O–H groups in total. The van der Waals surface area contributed by atoms with Gasteiger partial charge < -0.3 is 14.8 Å². The van der Waals surface area contributed by atoms with Gasteiger partial charge in [0.25, 0.3) is 11.6 Å². The number of hydrogen-bond donors (Lipinski definition) is 1. The third-order valence-electron chi connectivity index (χ3n) is 3.86. The molecule has 0 aliphatic rings. The lowest BCUT2D eigenvalue weighted by Crippen LogP contribution is -2.13. The molecule has 8 heteroatoms. The van der Waals surface area contributed by atoms with E-state index in [-0.39, 0.29) is 11.6 Å². The second-order valence-electron chi connectivity index (χ2n) is 5.92. The van der Waals surface area contributed by atoms with Gasteiger partial charge in [0.15, 0.2) is 0 Å². The number of rotatable bonds is 8. The zero-order chi connectivity index (χ0) is 20.6. The molecule has 0 spiro atoms. The van der Waals surface area contributed by atoms with Crippen LogP contribution in [0, 0.1) is 10.1 Å². The molecule has 3 aromatic rings. The number of nitrogens with one attached hydrogen (secondary N) is 1. The second kappa shape index (κ2) is 9.70. The van der Waals surface area contributed by atoms with Crippen molar-refractivity contribution in [2.75, 3.05) is 18.5 Å². The highest BCUT2D eigenvalue weighted by atomic mass is 79.9. The summed E-state index contributed by atoms with van der Waals surface area (Å²) >= 11 is 3.39. The lowest BCUT2D eigenvalue weighted by Gasteiger charge is -2.11. The summed E-state index contributed by atoms with van der Waals surface area (Å²) in [7, 11) is 0. The minimum absolute atomic E-state index is 0.0922. The Morgan fingerprint density at radius 2 is 1.72 bits per heavy atom. The van der Waals surface area contributed by atoms with Crippen molar-refractivity contribution >= 4 is 33.2 Å². The summed E-state index contributed by atoms with van der Waals surface area (Å²) in [6, 6.07) is 20.1. The molecule has 3 aromatic carbocycles. The summed E-state index contributed by atoms with van der Waals surface area (Å²) in [5.74, 6) is 0.960. The van der Waals surface area contributed by atoms with Crippen molar-refractivity contribution in [2.45, 2.75) is 0 Å². The van der Waals surface area contributed by atoms with Crippen molar-refractivity contribution < 1.29 is 19.2 Å². The van der Waals surface area contributed by atoms with Crippen molar-refractivity contribution in [1.29, 1.82) is 0 Å². The Bertz CT molecular complexity index is 1010. The Morgan fingerprint density at radius 1 is 0.966 bits per heavy atom. The van der Waals surface area contributed by atoms with Crippen molar-refractivity contribution in [2.24, 2.45) is 0 Å². The number of amides is 1.